The molecule has 0 atom stereocenters. The molecule has 0 rings (SSSR count). The molecule has 0 aliphatic rings. The van der Waals surface area contributed by atoms with Crippen molar-refractivity contribution in [3.8, 4) is 0 Å². The molecule has 0 aliphatic heterocycles. The summed E-state index contributed by atoms with van der Waals surface area (Å²) < 4.78 is 0. The highest BCUT2D eigenvalue weighted by molar-refractivity contribution is 5.72. The molecule has 0 spiro atoms. The third kappa shape index (κ3) is 9.14. The van der Waals surface area contributed by atoms with E-state index in [1.807, 2.05) is 20.8 Å². The summed E-state index contributed by atoms with van der Waals surface area (Å²) in [5.41, 5.74) is 1.99. The molecule has 0 bridgehead atoms. The van der Waals surface area contributed by atoms with E-state index >= 15 is 0 Å². The summed E-state index contributed by atoms with van der Waals surface area (Å²) in [5, 5.41) is 2.68. The van der Waals surface area contributed by atoms with Crippen molar-refractivity contribution in [2.24, 2.45) is 0 Å². The van der Waals surface area contributed by atoms with E-state index in [1.165, 1.54) is 0 Å². The van der Waals surface area contributed by atoms with Gasteiger partial charge in [0.25, 0.3) is 0 Å². The third-order valence-corrected chi connectivity index (χ3v) is 1.27. The van der Waals surface area contributed by atoms with Crippen LogP contribution in [0, 0.1) is 0 Å². The Morgan fingerprint density at radius 1 is 1.38 bits per heavy atom. The van der Waals surface area contributed by atoms with Crippen LogP contribution in [0.15, 0.2) is 0 Å². The van der Waals surface area contributed by atoms with Crippen LogP contribution < -0.4 is 10.8 Å². The van der Waals surface area contributed by atoms with Gasteiger partial charge in [-0.1, -0.05) is 13.3 Å². The first-order chi connectivity index (χ1) is 5.95. The molecule has 0 unspecified atom stereocenters. The van der Waals surface area contributed by atoms with Crippen molar-refractivity contribution in [3.05, 3.63) is 0 Å². The Balaban J connectivity index is 3.41. The molecule has 0 aromatic heterocycles. The highest BCUT2D eigenvalue weighted by atomic mass is 16.7. The van der Waals surface area contributed by atoms with Gasteiger partial charge in [-0.2, -0.15) is 0 Å². The Morgan fingerprint density at radius 3 is 2.46 bits per heavy atom. The van der Waals surface area contributed by atoms with E-state index in [0.717, 1.165) is 12.8 Å². The smallest absolute Gasteiger partial charge is 0.336 e. The average molecular weight is 188 g/mol. The van der Waals surface area contributed by atoms with Gasteiger partial charge in [0.05, 0.1) is 5.60 Å². The Labute approximate surface area is 80.0 Å². The Kier molecular flexibility index (Phi) is 5.46. The molecule has 2 amide bonds. The van der Waals surface area contributed by atoms with Crippen molar-refractivity contribution in [1.29, 1.82) is 0 Å². The number of carbonyl (C=O) groups excluding carboxylic acids is 1. The number of unbranched alkanes of at least 4 members (excludes halogenated alkanes) is 1. The summed E-state index contributed by atoms with van der Waals surface area (Å²) in [6.07, 6.45) is 2.06. The molecular formula is C9H20N2O2. The summed E-state index contributed by atoms with van der Waals surface area (Å²) in [7, 11) is 0. The molecule has 0 saturated heterocycles. The first-order valence-corrected chi connectivity index (χ1v) is 4.67. The van der Waals surface area contributed by atoms with E-state index in [1.54, 1.807) is 0 Å². The number of amides is 2. The second-order valence-electron chi connectivity index (χ2n) is 3.93. The largest absolute Gasteiger partial charge is 0.338 e. The van der Waals surface area contributed by atoms with Crippen molar-refractivity contribution < 1.29 is 9.63 Å². The van der Waals surface area contributed by atoms with Crippen LogP contribution in [0.1, 0.15) is 40.5 Å². The van der Waals surface area contributed by atoms with Crippen LogP contribution in [0.4, 0.5) is 4.79 Å². The first kappa shape index (κ1) is 12.2. The highest BCUT2D eigenvalue weighted by Crippen LogP contribution is 2.02. The van der Waals surface area contributed by atoms with Gasteiger partial charge in [0.2, 0.25) is 0 Å². The standard InChI is InChI=1S/C9H20N2O2/c1-5-6-7-10-8(12)11-13-9(2,3)4/h5-7H2,1-4H3,(H2,10,11,12). The molecule has 4 nitrogen and oxygen atoms in total. The number of rotatable bonds is 4. The normalized spacial score (nSPS) is 11.1. The minimum absolute atomic E-state index is 0.275. The molecule has 13 heavy (non-hydrogen) atoms. The lowest BCUT2D eigenvalue weighted by Crippen LogP contribution is -2.40. The maximum Gasteiger partial charge on any atom is 0.338 e. The summed E-state index contributed by atoms with van der Waals surface area (Å²) in [5.74, 6) is 0. The Bertz CT molecular complexity index is 152. The molecule has 4 heteroatoms. The van der Waals surface area contributed by atoms with Gasteiger partial charge in [-0.3, -0.25) is 4.84 Å². The second-order valence-corrected chi connectivity index (χ2v) is 3.93. The fourth-order valence-corrected chi connectivity index (χ4v) is 0.614. The number of nitrogens with one attached hydrogen (secondary N) is 2. The van der Waals surface area contributed by atoms with Crippen LogP contribution in [0.3, 0.4) is 0 Å². The third-order valence-electron chi connectivity index (χ3n) is 1.27. The van der Waals surface area contributed by atoms with Crippen LogP contribution in [0.2, 0.25) is 0 Å². The maximum absolute atomic E-state index is 11.0. The van der Waals surface area contributed by atoms with Crippen LogP contribution in [0.5, 0.6) is 0 Å². The van der Waals surface area contributed by atoms with Crippen molar-refractivity contribution in [1.82, 2.24) is 10.8 Å². The van der Waals surface area contributed by atoms with Gasteiger partial charge in [-0.15, -0.1) is 0 Å². The Morgan fingerprint density at radius 2 is 2.00 bits per heavy atom. The van der Waals surface area contributed by atoms with Crippen LogP contribution in [0.25, 0.3) is 0 Å². The lowest BCUT2D eigenvalue weighted by atomic mass is 10.2. The quantitative estimate of drug-likeness (QED) is 0.522. The monoisotopic (exact) mass is 188 g/mol. The first-order valence-electron chi connectivity index (χ1n) is 4.67. The molecule has 0 saturated carbocycles. The number of urea groups is 1. The molecule has 78 valence electrons. The molecule has 0 heterocycles. The van der Waals surface area contributed by atoms with Crippen molar-refractivity contribution in [2.45, 2.75) is 46.1 Å². The molecule has 0 radical (unpaired) electrons. The fourth-order valence-electron chi connectivity index (χ4n) is 0.614. The van der Waals surface area contributed by atoms with Crippen molar-refractivity contribution in [3.63, 3.8) is 0 Å². The lowest BCUT2D eigenvalue weighted by Gasteiger charge is -2.19. The topological polar surface area (TPSA) is 50.4 Å². The minimum atomic E-state index is -0.345. The van der Waals surface area contributed by atoms with E-state index in [0.29, 0.717) is 6.54 Å². The number of carbonyl (C=O) groups is 1. The van der Waals surface area contributed by atoms with Crippen LogP contribution in [-0.4, -0.2) is 18.2 Å². The summed E-state index contributed by atoms with van der Waals surface area (Å²) >= 11 is 0. The van der Waals surface area contributed by atoms with Crippen LogP contribution >= 0.6 is 0 Å². The van der Waals surface area contributed by atoms with E-state index in [9.17, 15) is 4.79 Å². The van der Waals surface area contributed by atoms with E-state index in [4.69, 9.17) is 4.84 Å². The van der Waals surface area contributed by atoms with Gasteiger partial charge >= 0.3 is 6.03 Å². The predicted molar refractivity (Wildman–Crippen MR) is 52.3 cm³/mol. The molecule has 2 N–H and O–H groups in total. The fraction of sp³-hybridized carbons (Fsp3) is 0.889. The zero-order valence-corrected chi connectivity index (χ0v) is 8.94. The Hall–Kier alpha value is -0.770. The van der Waals surface area contributed by atoms with Gasteiger partial charge in [-0.05, 0) is 27.2 Å². The number of hydroxylamine groups is 1. The van der Waals surface area contributed by atoms with Gasteiger partial charge in [-0.25, -0.2) is 10.3 Å². The van der Waals surface area contributed by atoms with Crippen LogP contribution in [-0.2, 0) is 4.84 Å². The minimum Gasteiger partial charge on any atom is -0.336 e. The number of hydrogen-bond donors (Lipinski definition) is 2. The lowest BCUT2D eigenvalue weighted by molar-refractivity contribution is -0.0528. The van der Waals surface area contributed by atoms with E-state index < -0.39 is 0 Å². The zero-order chi connectivity index (χ0) is 10.3. The molecule has 0 aromatic rings. The van der Waals surface area contributed by atoms with Gasteiger partial charge in [0.15, 0.2) is 0 Å². The molecule has 0 aliphatic carbocycles. The molecule has 0 aromatic carbocycles. The highest BCUT2D eigenvalue weighted by Gasteiger charge is 2.11. The summed E-state index contributed by atoms with van der Waals surface area (Å²) in [4.78, 5) is 16.1. The summed E-state index contributed by atoms with van der Waals surface area (Å²) in [6, 6.07) is -0.275. The van der Waals surface area contributed by atoms with E-state index in [2.05, 4.69) is 17.7 Å². The number of hydrogen-bond acceptors (Lipinski definition) is 2. The average Bonchev–Trinajstić information content (AvgIpc) is 2.00. The molecule has 0 fully saturated rings. The SMILES string of the molecule is CCCCNC(=O)NOC(C)(C)C. The van der Waals surface area contributed by atoms with Crippen molar-refractivity contribution in [2.75, 3.05) is 6.54 Å². The van der Waals surface area contributed by atoms with Crippen molar-refractivity contribution >= 4 is 6.03 Å². The molecular weight excluding hydrogens is 168 g/mol. The van der Waals surface area contributed by atoms with E-state index in [-0.39, 0.29) is 11.6 Å². The summed E-state index contributed by atoms with van der Waals surface area (Å²) in [6.45, 7) is 8.39. The second kappa shape index (κ2) is 5.80. The zero-order valence-electron chi connectivity index (χ0n) is 8.94. The van der Waals surface area contributed by atoms with Gasteiger partial charge in [0, 0.05) is 6.54 Å². The van der Waals surface area contributed by atoms with Gasteiger partial charge in [0.1, 0.15) is 0 Å². The van der Waals surface area contributed by atoms with Gasteiger partial charge < -0.3 is 5.32 Å². The predicted octanol–water partition coefficient (Wildman–Crippen LogP) is 1.82. The maximum atomic E-state index is 11.0.